The van der Waals surface area contributed by atoms with Crippen LogP contribution in [0.2, 0.25) is 10.0 Å². The second-order valence-electron chi connectivity index (χ2n) is 4.14. The predicted octanol–water partition coefficient (Wildman–Crippen LogP) is 4.42. The van der Waals surface area contributed by atoms with Crippen molar-refractivity contribution >= 4 is 28.9 Å². The van der Waals surface area contributed by atoms with Gasteiger partial charge in [-0.05, 0) is 24.3 Å². The van der Waals surface area contributed by atoms with Crippen molar-refractivity contribution in [3.63, 3.8) is 0 Å². The van der Waals surface area contributed by atoms with Gasteiger partial charge < -0.3 is 15.2 Å². The summed E-state index contributed by atoms with van der Waals surface area (Å²) in [6.45, 7) is 1.01. The molecule has 0 amide bonds. The molecule has 0 unspecified atom stereocenters. The van der Waals surface area contributed by atoms with Gasteiger partial charge in [0.2, 0.25) is 0 Å². The number of ether oxygens (including phenoxy) is 2. The summed E-state index contributed by atoms with van der Waals surface area (Å²) in [6, 6.07) is 12.7. The summed E-state index contributed by atoms with van der Waals surface area (Å²) in [5.74, 6) is 1.27. The smallest absolute Gasteiger partial charge is 0.142 e. The molecule has 0 bridgehead atoms. The lowest BCUT2D eigenvalue weighted by Gasteiger charge is -2.10. The van der Waals surface area contributed by atoms with E-state index < -0.39 is 0 Å². The van der Waals surface area contributed by atoms with Crippen molar-refractivity contribution in [2.75, 3.05) is 18.9 Å². The number of rotatable bonds is 6. The van der Waals surface area contributed by atoms with Crippen molar-refractivity contribution in [2.45, 2.75) is 6.42 Å². The average Bonchev–Trinajstić information content (AvgIpc) is 2.45. The van der Waals surface area contributed by atoms with E-state index in [9.17, 15) is 0 Å². The molecule has 2 N–H and O–H groups in total. The van der Waals surface area contributed by atoms with Crippen LogP contribution in [-0.4, -0.2) is 13.2 Å². The molecule has 3 nitrogen and oxygen atoms in total. The zero-order valence-corrected chi connectivity index (χ0v) is 12.3. The summed E-state index contributed by atoms with van der Waals surface area (Å²) >= 11 is 11.9. The second kappa shape index (κ2) is 7.27. The topological polar surface area (TPSA) is 44.5 Å². The Balaban J connectivity index is 1.75. The predicted molar refractivity (Wildman–Crippen MR) is 82.9 cm³/mol. The van der Waals surface area contributed by atoms with Gasteiger partial charge in [-0.2, -0.15) is 0 Å². The average molecular weight is 312 g/mol. The van der Waals surface area contributed by atoms with E-state index >= 15 is 0 Å². The first-order valence-electron chi connectivity index (χ1n) is 6.22. The number of anilines is 1. The first kappa shape index (κ1) is 14.8. The van der Waals surface area contributed by atoms with E-state index in [0.717, 1.165) is 6.42 Å². The van der Waals surface area contributed by atoms with Crippen LogP contribution in [0.4, 0.5) is 5.69 Å². The lowest BCUT2D eigenvalue weighted by atomic mass is 10.3. The van der Waals surface area contributed by atoms with Gasteiger partial charge in [0.1, 0.15) is 16.5 Å². The van der Waals surface area contributed by atoms with E-state index in [-0.39, 0.29) is 0 Å². The fourth-order valence-electron chi connectivity index (χ4n) is 1.63. The van der Waals surface area contributed by atoms with E-state index in [0.29, 0.717) is 40.4 Å². The van der Waals surface area contributed by atoms with Crippen LogP contribution < -0.4 is 15.2 Å². The van der Waals surface area contributed by atoms with Crippen LogP contribution in [0.1, 0.15) is 6.42 Å². The molecule has 0 aromatic heterocycles. The standard InChI is InChI=1S/C15H15Cl2NO2/c16-11-5-3-8-14(15(11)17)20-10-4-9-19-13-7-2-1-6-12(13)18/h1-3,5-8H,4,9-10,18H2. The van der Waals surface area contributed by atoms with Crippen molar-refractivity contribution in [3.05, 3.63) is 52.5 Å². The summed E-state index contributed by atoms with van der Waals surface area (Å²) < 4.78 is 11.1. The lowest BCUT2D eigenvalue weighted by molar-refractivity contribution is 0.248. The minimum atomic E-state index is 0.433. The van der Waals surface area contributed by atoms with Gasteiger partial charge in [-0.25, -0.2) is 0 Å². The summed E-state index contributed by atoms with van der Waals surface area (Å²) in [5.41, 5.74) is 6.41. The first-order valence-corrected chi connectivity index (χ1v) is 6.98. The van der Waals surface area contributed by atoms with Gasteiger partial charge in [0.15, 0.2) is 0 Å². The highest BCUT2D eigenvalue weighted by Gasteiger charge is 2.05. The molecule has 20 heavy (non-hydrogen) atoms. The van der Waals surface area contributed by atoms with Gasteiger partial charge in [0.05, 0.1) is 23.9 Å². The van der Waals surface area contributed by atoms with Crippen LogP contribution in [0.5, 0.6) is 11.5 Å². The molecule has 2 aromatic rings. The fourth-order valence-corrected chi connectivity index (χ4v) is 1.98. The van der Waals surface area contributed by atoms with Gasteiger partial charge in [-0.3, -0.25) is 0 Å². The number of nitrogen functional groups attached to an aromatic ring is 1. The summed E-state index contributed by atoms with van der Waals surface area (Å²) in [6.07, 6.45) is 0.719. The highest BCUT2D eigenvalue weighted by molar-refractivity contribution is 6.42. The normalized spacial score (nSPS) is 10.3. The maximum absolute atomic E-state index is 6.02. The molecule has 2 rings (SSSR count). The number of hydrogen-bond donors (Lipinski definition) is 1. The van der Waals surface area contributed by atoms with Gasteiger partial charge in [0, 0.05) is 6.42 Å². The molecule has 5 heteroatoms. The SMILES string of the molecule is Nc1ccccc1OCCCOc1cccc(Cl)c1Cl. The first-order chi connectivity index (χ1) is 9.68. The highest BCUT2D eigenvalue weighted by atomic mass is 35.5. The van der Waals surface area contributed by atoms with E-state index in [2.05, 4.69) is 0 Å². The highest BCUT2D eigenvalue weighted by Crippen LogP contribution is 2.31. The van der Waals surface area contributed by atoms with Crippen LogP contribution >= 0.6 is 23.2 Å². The molecule has 0 fully saturated rings. The molecule has 0 heterocycles. The third kappa shape index (κ3) is 3.95. The number of hydrogen-bond acceptors (Lipinski definition) is 3. The van der Waals surface area contributed by atoms with Gasteiger partial charge in [0.25, 0.3) is 0 Å². The van der Waals surface area contributed by atoms with Crippen molar-refractivity contribution in [3.8, 4) is 11.5 Å². The third-order valence-corrected chi connectivity index (χ3v) is 3.44. The van der Waals surface area contributed by atoms with Crippen molar-refractivity contribution in [2.24, 2.45) is 0 Å². The zero-order valence-electron chi connectivity index (χ0n) is 10.8. The number of benzene rings is 2. The van der Waals surface area contributed by atoms with Crippen LogP contribution in [0.25, 0.3) is 0 Å². The molecule has 0 saturated carbocycles. The molecule has 0 radical (unpaired) electrons. The van der Waals surface area contributed by atoms with Gasteiger partial charge in [-0.15, -0.1) is 0 Å². The Morgan fingerprint density at radius 1 is 0.850 bits per heavy atom. The Morgan fingerprint density at radius 2 is 1.50 bits per heavy atom. The number of nitrogens with two attached hydrogens (primary N) is 1. The van der Waals surface area contributed by atoms with Crippen LogP contribution in [-0.2, 0) is 0 Å². The molecule has 0 spiro atoms. The molecule has 0 saturated heterocycles. The minimum Gasteiger partial charge on any atom is -0.492 e. The van der Waals surface area contributed by atoms with Gasteiger partial charge in [-0.1, -0.05) is 41.4 Å². The van der Waals surface area contributed by atoms with Crippen molar-refractivity contribution < 1.29 is 9.47 Å². The number of halogens is 2. The molecule has 2 aromatic carbocycles. The summed E-state index contributed by atoms with van der Waals surface area (Å²) in [5, 5.41) is 0.917. The Kier molecular flexibility index (Phi) is 5.39. The quantitative estimate of drug-likeness (QED) is 0.634. The lowest BCUT2D eigenvalue weighted by Crippen LogP contribution is -2.06. The zero-order chi connectivity index (χ0) is 14.4. The Morgan fingerprint density at radius 3 is 2.25 bits per heavy atom. The maximum Gasteiger partial charge on any atom is 0.142 e. The molecule has 0 aliphatic rings. The molecule has 0 atom stereocenters. The maximum atomic E-state index is 6.02. The van der Waals surface area contributed by atoms with E-state index in [4.69, 9.17) is 38.4 Å². The van der Waals surface area contributed by atoms with E-state index in [1.165, 1.54) is 0 Å². The van der Waals surface area contributed by atoms with Crippen molar-refractivity contribution in [1.29, 1.82) is 0 Å². The largest absolute Gasteiger partial charge is 0.492 e. The summed E-state index contributed by atoms with van der Waals surface area (Å²) in [7, 11) is 0. The molecular formula is C15H15Cl2NO2. The van der Waals surface area contributed by atoms with Gasteiger partial charge >= 0.3 is 0 Å². The molecule has 0 aliphatic carbocycles. The Labute approximate surface area is 128 Å². The molecule has 106 valence electrons. The number of para-hydroxylation sites is 2. The monoisotopic (exact) mass is 311 g/mol. The third-order valence-electron chi connectivity index (χ3n) is 2.64. The van der Waals surface area contributed by atoms with Crippen LogP contribution in [0.15, 0.2) is 42.5 Å². The Bertz CT molecular complexity index is 576. The Hall–Kier alpha value is -1.58. The van der Waals surface area contributed by atoms with E-state index in [1.807, 2.05) is 18.2 Å². The minimum absolute atomic E-state index is 0.433. The summed E-state index contributed by atoms with van der Waals surface area (Å²) in [4.78, 5) is 0. The molecule has 0 aliphatic heterocycles. The second-order valence-corrected chi connectivity index (χ2v) is 4.93. The van der Waals surface area contributed by atoms with Crippen LogP contribution in [0.3, 0.4) is 0 Å². The van der Waals surface area contributed by atoms with Crippen molar-refractivity contribution in [1.82, 2.24) is 0 Å². The fraction of sp³-hybridized carbons (Fsp3) is 0.200. The van der Waals surface area contributed by atoms with Crippen LogP contribution in [0, 0.1) is 0 Å². The molecular weight excluding hydrogens is 297 g/mol. The van der Waals surface area contributed by atoms with E-state index in [1.54, 1.807) is 24.3 Å².